The summed E-state index contributed by atoms with van der Waals surface area (Å²) in [4.78, 5) is 23.6. The average Bonchev–Trinajstić information content (AvgIpc) is 2.75. The number of carbonyl (C=O) groups is 2. The van der Waals surface area contributed by atoms with Gasteiger partial charge in [-0.15, -0.1) is 0 Å². The summed E-state index contributed by atoms with van der Waals surface area (Å²) in [6.07, 6.45) is -1.25. The summed E-state index contributed by atoms with van der Waals surface area (Å²) in [6, 6.07) is 3.24. The van der Waals surface area contributed by atoms with E-state index in [4.69, 9.17) is 13.9 Å². The minimum atomic E-state index is -0.972. The second kappa shape index (κ2) is 7.08. The fraction of sp³-hybridized carbons (Fsp3) is 0.538. The van der Waals surface area contributed by atoms with Gasteiger partial charge in [-0.3, -0.25) is 9.59 Å². The Morgan fingerprint density at radius 2 is 1.83 bits per heavy atom. The summed E-state index contributed by atoms with van der Waals surface area (Å²) in [5.41, 5.74) is 0. The predicted octanol–water partition coefficient (Wildman–Crippen LogP) is 2.13. The minimum absolute atomic E-state index is 0.188. The van der Waals surface area contributed by atoms with Crippen molar-refractivity contribution in [3.8, 4) is 0 Å². The number of hydrogen-bond acceptors (Lipinski definition) is 5. The molecule has 1 aromatic rings. The second-order valence-corrected chi connectivity index (χ2v) is 3.72. The zero-order valence-electron chi connectivity index (χ0n) is 10.9. The SMILES string of the molecule is CCOC(OCC)C(=O)CC(=O)c1ccc(C)o1. The Labute approximate surface area is 106 Å². The normalized spacial score (nSPS) is 10.9. The van der Waals surface area contributed by atoms with Gasteiger partial charge >= 0.3 is 0 Å². The van der Waals surface area contributed by atoms with Crippen molar-refractivity contribution in [2.75, 3.05) is 13.2 Å². The zero-order chi connectivity index (χ0) is 13.5. The highest BCUT2D eigenvalue weighted by Crippen LogP contribution is 2.11. The van der Waals surface area contributed by atoms with Gasteiger partial charge in [0.25, 0.3) is 0 Å². The third-order valence-corrected chi connectivity index (χ3v) is 2.25. The van der Waals surface area contributed by atoms with Crippen molar-refractivity contribution in [3.05, 3.63) is 23.7 Å². The Kier molecular flexibility index (Phi) is 5.74. The third-order valence-electron chi connectivity index (χ3n) is 2.25. The Morgan fingerprint density at radius 1 is 1.22 bits per heavy atom. The number of Topliss-reactive ketones (excluding diaryl/α,β-unsaturated/α-hetero) is 2. The lowest BCUT2D eigenvalue weighted by atomic mass is 10.1. The van der Waals surface area contributed by atoms with Crippen molar-refractivity contribution < 1.29 is 23.5 Å². The lowest BCUT2D eigenvalue weighted by Crippen LogP contribution is -2.29. The number of aryl methyl sites for hydroxylation is 1. The van der Waals surface area contributed by atoms with E-state index in [-0.39, 0.29) is 18.0 Å². The number of carbonyl (C=O) groups excluding carboxylic acids is 2. The molecule has 0 fully saturated rings. The first kappa shape index (κ1) is 14.6. The van der Waals surface area contributed by atoms with Crippen molar-refractivity contribution >= 4 is 11.6 Å². The first-order valence-corrected chi connectivity index (χ1v) is 5.94. The van der Waals surface area contributed by atoms with Crippen LogP contribution in [0.5, 0.6) is 0 Å². The van der Waals surface area contributed by atoms with Crippen LogP contribution in [0.3, 0.4) is 0 Å². The van der Waals surface area contributed by atoms with Gasteiger partial charge in [-0.05, 0) is 32.9 Å². The molecule has 0 aliphatic carbocycles. The molecule has 0 saturated carbocycles. The Hall–Kier alpha value is -1.46. The van der Waals surface area contributed by atoms with Gasteiger partial charge in [0.1, 0.15) is 5.76 Å². The Bertz CT molecular complexity index is 401. The number of ketones is 2. The molecule has 18 heavy (non-hydrogen) atoms. The van der Waals surface area contributed by atoms with Gasteiger partial charge in [0.2, 0.25) is 12.1 Å². The van der Waals surface area contributed by atoms with E-state index in [0.29, 0.717) is 19.0 Å². The molecule has 100 valence electrons. The molecule has 1 heterocycles. The van der Waals surface area contributed by atoms with Gasteiger partial charge in [0.05, 0.1) is 6.42 Å². The lowest BCUT2D eigenvalue weighted by Gasteiger charge is -2.14. The molecular weight excluding hydrogens is 236 g/mol. The average molecular weight is 254 g/mol. The quantitative estimate of drug-likeness (QED) is 0.404. The molecule has 0 bridgehead atoms. The van der Waals surface area contributed by atoms with Gasteiger partial charge in [-0.2, -0.15) is 0 Å². The highest BCUT2D eigenvalue weighted by molar-refractivity contribution is 6.07. The topological polar surface area (TPSA) is 65.7 Å². The zero-order valence-corrected chi connectivity index (χ0v) is 10.9. The number of furan rings is 1. The van der Waals surface area contributed by atoms with Crippen molar-refractivity contribution in [1.82, 2.24) is 0 Å². The molecule has 0 aliphatic heterocycles. The highest BCUT2D eigenvalue weighted by Gasteiger charge is 2.23. The van der Waals surface area contributed by atoms with Crippen LogP contribution in [-0.2, 0) is 14.3 Å². The number of hydrogen-bond donors (Lipinski definition) is 0. The van der Waals surface area contributed by atoms with Crippen LogP contribution in [-0.4, -0.2) is 31.1 Å². The van der Waals surface area contributed by atoms with Crippen molar-refractivity contribution in [1.29, 1.82) is 0 Å². The molecule has 5 heteroatoms. The van der Waals surface area contributed by atoms with Gasteiger partial charge in [-0.25, -0.2) is 0 Å². The molecule has 0 atom stereocenters. The van der Waals surface area contributed by atoms with E-state index in [9.17, 15) is 9.59 Å². The summed E-state index contributed by atoms with van der Waals surface area (Å²) >= 11 is 0. The van der Waals surface area contributed by atoms with Crippen LogP contribution in [0.2, 0.25) is 0 Å². The Morgan fingerprint density at radius 3 is 2.28 bits per heavy atom. The van der Waals surface area contributed by atoms with Crippen LogP contribution in [0.15, 0.2) is 16.5 Å². The lowest BCUT2D eigenvalue weighted by molar-refractivity contribution is -0.167. The van der Waals surface area contributed by atoms with Gasteiger partial charge in [-0.1, -0.05) is 0 Å². The third kappa shape index (κ3) is 4.09. The summed E-state index contributed by atoms with van der Waals surface area (Å²) in [7, 11) is 0. The van der Waals surface area contributed by atoms with Crippen LogP contribution in [0, 0.1) is 6.92 Å². The summed E-state index contributed by atoms with van der Waals surface area (Å²) in [5, 5.41) is 0. The molecule has 1 aromatic heterocycles. The van der Waals surface area contributed by atoms with Gasteiger partial charge in [0.15, 0.2) is 11.5 Å². The number of rotatable bonds is 8. The summed E-state index contributed by atoms with van der Waals surface area (Å²) in [6.45, 7) is 5.96. The van der Waals surface area contributed by atoms with E-state index in [0.717, 1.165) is 0 Å². The molecule has 0 aliphatic rings. The maximum Gasteiger partial charge on any atom is 0.218 e. The largest absolute Gasteiger partial charge is 0.458 e. The van der Waals surface area contributed by atoms with Crippen LogP contribution in [0.1, 0.15) is 36.6 Å². The summed E-state index contributed by atoms with van der Waals surface area (Å²) in [5.74, 6) is 0.0693. The van der Waals surface area contributed by atoms with Crippen LogP contribution in [0.25, 0.3) is 0 Å². The van der Waals surface area contributed by atoms with E-state index in [1.54, 1.807) is 32.9 Å². The number of ether oxygens (including phenoxy) is 2. The standard InChI is InChI=1S/C13H18O5/c1-4-16-13(17-5-2)11(15)8-10(14)12-7-6-9(3)18-12/h6-7,13H,4-5,8H2,1-3H3. The van der Waals surface area contributed by atoms with Crippen LogP contribution in [0.4, 0.5) is 0 Å². The Balaban J connectivity index is 2.59. The molecule has 1 rings (SSSR count). The first-order chi connectivity index (χ1) is 8.58. The van der Waals surface area contributed by atoms with E-state index in [1.807, 2.05) is 0 Å². The predicted molar refractivity (Wildman–Crippen MR) is 64.4 cm³/mol. The molecule has 0 radical (unpaired) electrons. The first-order valence-electron chi connectivity index (χ1n) is 5.94. The second-order valence-electron chi connectivity index (χ2n) is 3.72. The van der Waals surface area contributed by atoms with E-state index >= 15 is 0 Å². The molecule has 0 N–H and O–H groups in total. The fourth-order valence-corrected chi connectivity index (χ4v) is 1.45. The van der Waals surface area contributed by atoms with E-state index < -0.39 is 12.1 Å². The molecular formula is C13H18O5. The van der Waals surface area contributed by atoms with Crippen LogP contribution < -0.4 is 0 Å². The van der Waals surface area contributed by atoms with Crippen molar-refractivity contribution in [2.45, 2.75) is 33.5 Å². The van der Waals surface area contributed by atoms with Gasteiger partial charge < -0.3 is 13.9 Å². The summed E-state index contributed by atoms with van der Waals surface area (Å²) < 4.78 is 15.4. The monoisotopic (exact) mass is 254 g/mol. The fourth-order valence-electron chi connectivity index (χ4n) is 1.45. The van der Waals surface area contributed by atoms with Crippen molar-refractivity contribution in [2.24, 2.45) is 0 Å². The van der Waals surface area contributed by atoms with E-state index in [2.05, 4.69) is 0 Å². The molecule has 5 nitrogen and oxygen atoms in total. The van der Waals surface area contributed by atoms with Gasteiger partial charge in [0, 0.05) is 13.2 Å². The molecule has 0 amide bonds. The highest BCUT2D eigenvalue weighted by atomic mass is 16.7. The molecule has 0 spiro atoms. The maximum atomic E-state index is 11.8. The van der Waals surface area contributed by atoms with Crippen molar-refractivity contribution in [3.63, 3.8) is 0 Å². The minimum Gasteiger partial charge on any atom is -0.458 e. The maximum absolute atomic E-state index is 11.8. The molecule has 0 unspecified atom stereocenters. The molecule has 0 aromatic carbocycles. The van der Waals surface area contributed by atoms with E-state index in [1.165, 1.54) is 0 Å². The van der Waals surface area contributed by atoms with Crippen LogP contribution >= 0.6 is 0 Å². The molecule has 0 saturated heterocycles. The smallest absolute Gasteiger partial charge is 0.218 e.